The van der Waals surface area contributed by atoms with Crippen molar-refractivity contribution in [1.82, 2.24) is 31.9 Å². The Hall–Kier alpha value is -0.890. The highest BCUT2D eigenvalue weighted by molar-refractivity contribution is 5.74. The molecule has 0 radical (unpaired) electrons. The van der Waals surface area contributed by atoms with Gasteiger partial charge in [-0.05, 0) is 33.2 Å². The van der Waals surface area contributed by atoms with Crippen molar-refractivity contribution in [3.63, 3.8) is 0 Å². The maximum Gasteiger partial charge on any atom is 0.317 e. The third-order valence-corrected chi connectivity index (χ3v) is 3.91. The summed E-state index contributed by atoms with van der Waals surface area (Å²) in [5.41, 5.74) is 0. The van der Waals surface area contributed by atoms with Crippen LogP contribution in [0.1, 0.15) is 46.5 Å². The van der Waals surface area contributed by atoms with Gasteiger partial charge in [-0.15, -0.1) is 0 Å². The summed E-state index contributed by atoms with van der Waals surface area (Å²) in [5.74, 6) is 0. The molecule has 1 fully saturated rings. The largest absolute Gasteiger partial charge is 0.335 e. The van der Waals surface area contributed by atoms with Crippen molar-refractivity contribution in [2.75, 3.05) is 20.1 Å². The molecule has 0 aromatic heterocycles. The van der Waals surface area contributed by atoms with Gasteiger partial charge in [0.15, 0.2) is 0 Å². The molecular formula is C15H34N6O. The van der Waals surface area contributed by atoms with Crippen LogP contribution in [0.15, 0.2) is 0 Å². The summed E-state index contributed by atoms with van der Waals surface area (Å²) in [4.78, 5) is 12.1. The van der Waals surface area contributed by atoms with Gasteiger partial charge in [0.1, 0.15) is 6.29 Å². The summed E-state index contributed by atoms with van der Waals surface area (Å²) in [7, 11) is 1.94. The Kier molecular flexibility index (Phi) is 9.38. The second-order valence-electron chi connectivity index (χ2n) is 6.03. The zero-order valence-electron chi connectivity index (χ0n) is 14.5. The molecule has 7 heteroatoms. The van der Waals surface area contributed by atoms with Crippen molar-refractivity contribution in [1.29, 1.82) is 0 Å². The molecule has 0 saturated carbocycles. The van der Waals surface area contributed by atoms with Gasteiger partial charge in [0, 0.05) is 25.2 Å². The Morgan fingerprint density at radius 3 is 2.68 bits per heavy atom. The second-order valence-corrected chi connectivity index (χ2v) is 6.03. The van der Waals surface area contributed by atoms with Gasteiger partial charge in [0.2, 0.25) is 0 Å². The average Bonchev–Trinajstić information content (AvgIpc) is 2.46. The first-order valence-electron chi connectivity index (χ1n) is 8.56. The number of carbonyl (C=O) groups excluding carboxylic acids is 1. The number of rotatable bonds is 9. The van der Waals surface area contributed by atoms with E-state index < -0.39 is 0 Å². The molecule has 4 unspecified atom stereocenters. The van der Waals surface area contributed by atoms with Crippen LogP contribution in [0.25, 0.3) is 0 Å². The Morgan fingerprint density at radius 2 is 2.05 bits per heavy atom. The molecule has 7 nitrogen and oxygen atoms in total. The van der Waals surface area contributed by atoms with Crippen LogP contribution in [0.5, 0.6) is 0 Å². The van der Waals surface area contributed by atoms with Gasteiger partial charge >= 0.3 is 6.03 Å². The maximum absolute atomic E-state index is 12.1. The van der Waals surface area contributed by atoms with Crippen molar-refractivity contribution in [3.05, 3.63) is 0 Å². The fraction of sp³-hybridized carbons (Fsp3) is 0.933. The summed E-state index contributed by atoms with van der Waals surface area (Å²) in [6, 6.07) is 0.472. The number of hydrogen-bond acceptors (Lipinski definition) is 5. The number of nitrogens with one attached hydrogen (secondary N) is 6. The topological polar surface area (TPSA) is 89.2 Å². The summed E-state index contributed by atoms with van der Waals surface area (Å²) in [6.07, 6.45) is 4.02. The van der Waals surface area contributed by atoms with E-state index in [0.29, 0.717) is 6.04 Å². The predicted molar refractivity (Wildman–Crippen MR) is 90.5 cm³/mol. The molecule has 0 aromatic rings. The van der Waals surface area contributed by atoms with E-state index in [1.807, 2.05) is 7.05 Å². The number of hydrogen-bond donors (Lipinski definition) is 6. The first kappa shape index (κ1) is 19.2. The lowest BCUT2D eigenvalue weighted by atomic mass is 10.1. The van der Waals surface area contributed by atoms with E-state index in [4.69, 9.17) is 0 Å². The Labute approximate surface area is 134 Å². The van der Waals surface area contributed by atoms with Gasteiger partial charge in [-0.3, -0.25) is 10.6 Å². The van der Waals surface area contributed by atoms with Crippen LogP contribution in [0.4, 0.5) is 4.79 Å². The third-order valence-electron chi connectivity index (χ3n) is 3.91. The predicted octanol–water partition coefficient (Wildman–Crippen LogP) is 0.254. The maximum atomic E-state index is 12.1. The molecule has 0 aliphatic carbocycles. The van der Waals surface area contributed by atoms with Crippen molar-refractivity contribution < 1.29 is 4.79 Å². The molecule has 22 heavy (non-hydrogen) atoms. The lowest BCUT2D eigenvalue weighted by molar-refractivity contribution is 0.186. The lowest BCUT2D eigenvalue weighted by Gasteiger charge is -2.37. The van der Waals surface area contributed by atoms with Crippen molar-refractivity contribution in [3.8, 4) is 0 Å². The van der Waals surface area contributed by atoms with Gasteiger partial charge in [-0.25, -0.2) is 4.79 Å². The van der Waals surface area contributed by atoms with Crippen LogP contribution in [0.3, 0.4) is 0 Å². The van der Waals surface area contributed by atoms with E-state index in [9.17, 15) is 4.79 Å². The van der Waals surface area contributed by atoms with E-state index in [2.05, 4.69) is 52.7 Å². The smallest absolute Gasteiger partial charge is 0.317 e. The van der Waals surface area contributed by atoms with Gasteiger partial charge in [0.05, 0.1) is 6.17 Å². The molecule has 2 amide bonds. The first-order valence-corrected chi connectivity index (χ1v) is 8.56. The summed E-state index contributed by atoms with van der Waals surface area (Å²) < 4.78 is 0. The van der Waals surface area contributed by atoms with E-state index in [1.165, 1.54) is 0 Å². The highest BCUT2D eigenvalue weighted by Crippen LogP contribution is 2.03. The second kappa shape index (κ2) is 10.8. The number of urea groups is 1. The minimum Gasteiger partial charge on any atom is -0.335 e. The lowest BCUT2D eigenvalue weighted by Crippen LogP contribution is -2.68. The normalized spacial score (nSPS) is 26.5. The molecule has 0 spiro atoms. The highest BCUT2D eigenvalue weighted by atomic mass is 16.2. The number of carbonyl (C=O) groups is 1. The Balaban J connectivity index is 2.37. The standard InChI is InChI=1S/C15H34N6O/c1-5-7-12(6-2)19-15(22)21-14-18-11(3)10-13(20-14)17-9-8-16-4/h11-14,16-18,20H,5-10H2,1-4H3,(H2,19,21,22). The van der Waals surface area contributed by atoms with Gasteiger partial charge in [-0.1, -0.05) is 20.3 Å². The van der Waals surface area contributed by atoms with Crippen molar-refractivity contribution in [2.24, 2.45) is 0 Å². The van der Waals surface area contributed by atoms with E-state index in [-0.39, 0.29) is 24.5 Å². The summed E-state index contributed by atoms with van der Waals surface area (Å²) in [5, 5.41) is 19.3. The Morgan fingerprint density at radius 1 is 1.27 bits per heavy atom. The number of likely N-dealkylation sites (N-methyl/N-ethyl adjacent to an activating group) is 1. The Bertz CT molecular complexity index is 314. The van der Waals surface area contributed by atoms with E-state index in [1.54, 1.807) is 0 Å². The molecule has 0 bridgehead atoms. The number of amides is 2. The average molecular weight is 314 g/mol. The van der Waals surface area contributed by atoms with Crippen molar-refractivity contribution >= 4 is 6.03 Å². The van der Waals surface area contributed by atoms with Crippen LogP contribution in [0, 0.1) is 0 Å². The molecule has 4 atom stereocenters. The minimum atomic E-state index is -0.213. The van der Waals surface area contributed by atoms with E-state index in [0.717, 1.165) is 38.8 Å². The summed E-state index contributed by atoms with van der Waals surface area (Å²) >= 11 is 0. The molecule has 130 valence electrons. The quantitative estimate of drug-likeness (QED) is 0.344. The molecule has 6 N–H and O–H groups in total. The van der Waals surface area contributed by atoms with Gasteiger partial charge < -0.3 is 21.3 Å². The first-order chi connectivity index (χ1) is 10.6. The molecular weight excluding hydrogens is 280 g/mol. The fourth-order valence-electron chi connectivity index (χ4n) is 2.71. The highest BCUT2D eigenvalue weighted by Gasteiger charge is 2.25. The molecule has 1 saturated heterocycles. The molecule has 1 aliphatic heterocycles. The fourth-order valence-corrected chi connectivity index (χ4v) is 2.71. The van der Waals surface area contributed by atoms with Gasteiger partial charge in [-0.2, -0.15) is 0 Å². The van der Waals surface area contributed by atoms with Crippen LogP contribution in [0.2, 0.25) is 0 Å². The van der Waals surface area contributed by atoms with Gasteiger partial charge in [0.25, 0.3) is 0 Å². The summed E-state index contributed by atoms with van der Waals surface area (Å²) in [6.45, 7) is 8.19. The van der Waals surface area contributed by atoms with Crippen LogP contribution >= 0.6 is 0 Å². The van der Waals surface area contributed by atoms with Crippen LogP contribution < -0.4 is 31.9 Å². The molecule has 1 aliphatic rings. The molecule has 1 heterocycles. The van der Waals surface area contributed by atoms with Crippen molar-refractivity contribution in [2.45, 2.75) is 71.0 Å². The minimum absolute atomic E-state index is 0.117. The zero-order chi connectivity index (χ0) is 16.4. The molecule has 0 aromatic carbocycles. The van der Waals surface area contributed by atoms with Crippen LogP contribution in [-0.2, 0) is 0 Å². The monoisotopic (exact) mass is 314 g/mol. The molecule has 1 rings (SSSR count). The van der Waals surface area contributed by atoms with E-state index >= 15 is 0 Å². The SMILES string of the molecule is CCCC(CC)NC(=O)NC1NC(C)CC(NCCNC)N1. The zero-order valence-corrected chi connectivity index (χ0v) is 14.5. The van der Waals surface area contributed by atoms with Crippen LogP contribution in [-0.4, -0.2) is 50.7 Å². The third kappa shape index (κ3) is 7.40.